The fraction of sp³-hybridized carbons (Fsp3) is 0.611. The van der Waals surface area contributed by atoms with Gasteiger partial charge in [-0.2, -0.15) is 4.31 Å². The van der Waals surface area contributed by atoms with Gasteiger partial charge in [0.25, 0.3) is 5.91 Å². The van der Waals surface area contributed by atoms with Gasteiger partial charge < -0.3 is 15.0 Å². The molecule has 7 nitrogen and oxygen atoms in total. The third-order valence-electron chi connectivity index (χ3n) is 4.59. The topological polar surface area (TPSA) is 80.2 Å². The largest absolute Gasteiger partial charge is 0.492 e. The van der Waals surface area contributed by atoms with E-state index in [2.05, 4.69) is 5.32 Å². The molecule has 0 atom stereocenters. The van der Waals surface area contributed by atoms with Gasteiger partial charge in [0.2, 0.25) is 10.0 Å². The Morgan fingerprint density at radius 2 is 1.85 bits per heavy atom. The summed E-state index contributed by atoms with van der Waals surface area (Å²) >= 11 is 0. The molecule has 2 N–H and O–H groups in total. The van der Waals surface area contributed by atoms with E-state index in [1.807, 2.05) is 6.92 Å². The van der Waals surface area contributed by atoms with Crippen LogP contribution in [0.25, 0.3) is 0 Å². The molecule has 1 aliphatic rings. The summed E-state index contributed by atoms with van der Waals surface area (Å²) in [5, 5.41) is 2.84. The van der Waals surface area contributed by atoms with Crippen molar-refractivity contribution in [2.75, 3.05) is 44.6 Å². The lowest BCUT2D eigenvalue weighted by molar-refractivity contribution is -0.878. The minimum atomic E-state index is -3.59. The van der Waals surface area contributed by atoms with Gasteiger partial charge in [-0.15, -0.1) is 0 Å². The Kier molecular flexibility index (Phi) is 7.43. The first kappa shape index (κ1) is 20.7. The predicted molar refractivity (Wildman–Crippen MR) is 101 cm³/mol. The second-order valence-corrected chi connectivity index (χ2v) is 8.30. The Balaban J connectivity index is 2.25. The van der Waals surface area contributed by atoms with Crippen molar-refractivity contribution in [1.82, 2.24) is 4.31 Å². The van der Waals surface area contributed by atoms with E-state index in [1.165, 1.54) is 21.3 Å². The fourth-order valence-corrected chi connectivity index (χ4v) is 4.72. The Labute approximate surface area is 156 Å². The molecule has 0 aliphatic carbocycles. The fourth-order valence-electron chi connectivity index (χ4n) is 3.23. The lowest BCUT2D eigenvalue weighted by Crippen LogP contribution is -3.11. The maximum atomic E-state index is 12.7. The van der Waals surface area contributed by atoms with E-state index in [-0.39, 0.29) is 10.8 Å². The lowest BCUT2D eigenvalue weighted by Gasteiger charge is -2.20. The van der Waals surface area contributed by atoms with Gasteiger partial charge >= 0.3 is 0 Å². The molecule has 2 rings (SSSR count). The predicted octanol–water partition coefficient (Wildman–Crippen LogP) is 0.733. The van der Waals surface area contributed by atoms with Gasteiger partial charge in [0.1, 0.15) is 5.75 Å². The van der Waals surface area contributed by atoms with Gasteiger partial charge in [0.15, 0.2) is 6.54 Å². The molecule has 1 amide bonds. The van der Waals surface area contributed by atoms with Crippen molar-refractivity contribution in [2.45, 2.75) is 38.5 Å². The van der Waals surface area contributed by atoms with E-state index in [1.54, 1.807) is 19.9 Å². The number of benzene rings is 1. The number of quaternary nitrogens is 1. The van der Waals surface area contributed by atoms with Gasteiger partial charge in [-0.3, -0.25) is 4.79 Å². The molecule has 0 spiro atoms. The molecule has 0 saturated carbocycles. The molecule has 146 valence electrons. The van der Waals surface area contributed by atoms with E-state index in [0.717, 1.165) is 25.9 Å². The SMILES string of the molecule is CCOc1ccc(S(=O)(=O)N(CC)CC)cc1NC(=O)C[NH+]1CCCC1. The van der Waals surface area contributed by atoms with Crippen molar-refractivity contribution in [3.8, 4) is 5.75 Å². The van der Waals surface area contributed by atoms with Crippen LogP contribution in [-0.2, 0) is 14.8 Å². The number of carbonyl (C=O) groups excluding carboxylic acids is 1. The molecule has 0 bridgehead atoms. The van der Waals surface area contributed by atoms with Gasteiger partial charge in [0.05, 0.1) is 30.3 Å². The summed E-state index contributed by atoms with van der Waals surface area (Å²) in [6.45, 7) is 9.07. The Morgan fingerprint density at radius 3 is 2.42 bits per heavy atom. The van der Waals surface area contributed by atoms with E-state index >= 15 is 0 Å². The molecule has 1 heterocycles. The number of nitrogens with zero attached hydrogens (tertiary/aromatic N) is 1. The van der Waals surface area contributed by atoms with Crippen molar-refractivity contribution >= 4 is 21.6 Å². The number of sulfonamides is 1. The first-order valence-electron chi connectivity index (χ1n) is 9.32. The zero-order valence-corrected chi connectivity index (χ0v) is 16.7. The summed E-state index contributed by atoms with van der Waals surface area (Å²) in [6, 6.07) is 4.63. The summed E-state index contributed by atoms with van der Waals surface area (Å²) in [4.78, 5) is 13.8. The number of hydrogen-bond acceptors (Lipinski definition) is 4. The molecule has 0 radical (unpaired) electrons. The second kappa shape index (κ2) is 9.34. The van der Waals surface area contributed by atoms with E-state index < -0.39 is 10.0 Å². The second-order valence-electron chi connectivity index (χ2n) is 6.36. The number of anilines is 1. The van der Waals surface area contributed by atoms with Gasteiger partial charge in [-0.05, 0) is 25.1 Å². The molecule has 1 aliphatic heterocycles. The lowest BCUT2D eigenvalue weighted by atomic mass is 10.3. The monoisotopic (exact) mass is 384 g/mol. The van der Waals surface area contributed by atoms with Crippen molar-refractivity contribution in [3.05, 3.63) is 18.2 Å². The van der Waals surface area contributed by atoms with Gasteiger partial charge in [-0.25, -0.2) is 8.42 Å². The zero-order valence-electron chi connectivity index (χ0n) is 15.9. The molecule has 0 aromatic heterocycles. The molecule has 1 aromatic carbocycles. The van der Waals surface area contributed by atoms with Crippen molar-refractivity contribution in [2.24, 2.45) is 0 Å². The van der Waals surface area contributed by atoms with E-state index in [0.29, 0.717) is 37.7 Å². The van der Waals surface area contributed by atoms with Crippen LogP contribution >= 0.6 is 0 Å². The van der Waals surface area contributed by atoms with Crippen LogP contribution < -0.4 is 15.0 Å². The summed E-state index contributed by atoms with van der Waals surface area (Å²) in [6.07, 6.45) is 2.29. The highest BCUT2D eigenvalue weighted by molar-refractivity contribution is 7.89. The van der Waals surface area contributed by atoms with Crippen LogP contribution in [0.15, 0.2) is 23.1 Å². The molecular formula is C18H30N3O4S+. The normalized spacial score (nSPS) is 15.4. The molecule has 0 unspecified atom stereocenters. The summed E-state index contributed by atoms with van der Waals surface area (Å²) < 4.78 is 32.4. The third-order valence-corrected chi connectivity index (χ3v) is 6.64. The molecular weight excluding hydrogens is 354 g/mol. The van der Waals surface area contributed by atoms with Crippen LogP contribution in [-0.4, -0.2) is 58.0 Å². The Bertz CT molecular complexity index is 711. The number of rotatable bonds is 9. The maximum absolute atomic E-state index is 12.7. The summed E-state index contributed by atoms with van der Waals surface area (Å²) in [5.74, 6) is 0.357. The quantitative estimate of drug-likeness (QED) is 0.658. The van der Waals surface area contributed by atoms with Crippen molar-refractivity contribution < 1.29 is 22.8 Å². The van der Waals surface area contributed by atoms with Crippen LogP contribution in [0, 0.1) is 0 Å². The maximum Gasteiger partial charge on any atom is 0.279 e. The van der Waals surface area contributed by atoms with Crippen LogP contribution in [0.4, 0.5) is 5.69 Å². The molecule has 8 heteroatoms. The molecule has 1 aromatic rings. The first-order chi connectivity index (χ1) is 12.4. The van der Waals surface area contributed by atoms with Crippen LogP contribution in [0.1, 0.15) is 33.6 Å². The van der Waals surface area contributed by atoms with Crippen LogP contribution in [0.5, 0.6) is 5.75 Å². The first-order valence-corrected chi connectivity index (χ1v) is 10.8. The standard InChI is InChI=1S/C18H29N3O4S/c1-4-21(5-2)26(23,24)15-9-10-17(25-6-3)16(13-15)19-18(22)14-20-11-7-8-12-20/h9-10,13H,4-8,11-12,14H2,1-3H3,(H,19,22)/p+1. The smallest absolute Gasteiger partial charge is 0.279 e. The third kappa shape index (κ3) is 4.96. The number of likely N-dealkylation sites (tertiary alicyclic amines) is 1. The highest BCUT2D eigenvalue weighted by atomic mass is 32.2. The summed E-state index contributed by atoms with van der Waals surface area (Å²) in [5.41, 5.74) is 0.406. The van der Waals surface area contributed by atoms with Crippen molar-refractivity contribution in [3.63, 3.8) is 0 Å². The molecule has 1 fully saturated rings. The van der Waals surface area contributed by atoms with Crippen LogP contribution in [0.2, 0.25) is 0 Å². The minimum Gasteiger partial charge on any atom is -0.492 e. The molecule has 26 heavy (non-hydrogen) atoms. The van der Waals surface area contributed by atoms with Gasteiger partial charge in [-0.1, -0.05) is 13.8 Å². The number of ether oxygens (including phenoxy) is 1. The number of carbonyl (C=O) groups is 1. The van der Waals surface area contributed by atoms with Crippen molar-refractivity contribution in [1.29, 1.82) is 0 Å². The number of nitrogens with one attached hydrogen (secondary N) is 2. The minimum absolute atomic E-state index is 0.125. The average molecular weight is 385 g/mol. The summed E-state index contributed by atoms with van der Waals surface area (Å²) in [7, 11) is -3.59. The highest BCUT2D eigenvalue weighted by Crippen LogP contribution is 2.29. The zero-order chi connectivity index (χ0) is 19.2. The van der Waals surface area contributed by atoms with Gasteiger partial charge in [0, 0.05) is 25.9 Å². The number of amides is 1. The Hall–Kier alpha value is -1.64. The highest BCUT2D eigenvalue weighted by Gasteiger charge is 2.24. The number of hydrogen-bond donors (Lipinski definition) is 2. The Morgan fingerprint density at radius 1 is 1.19 bits per heavy atom. The molecule has 1 saturated heterocycles. The van der Waals surface area contributed by atoms with E-state index in [4.69, 9.17) is 4.74 Å². The van der Waals surface area contributed by atoms with Crippen LogP contribution in [0.3, 0.4) is 0 Å². The average Bonchev–Trinajstić information content (AvgIpc) is 3.10. The van der Waals surface area contributed by atoms with E-state index in [9.17, 15) is 13.2 Å².